The second kappa shape index (κ2) is 12.1. The number of alkyl halides is 5. The van der Waals surface area contributed by atoms with Crippen LogP contribution in [0.4, 0.5) is 27.6 Å². The number of Topliss-reactive ketones (excluding diaryl/α,β-unsaturated/α-hetero) is 2. The summed E-state index contributed by atoms with van der Waals surface area (Å²) in [6.45, 7) is 0. The van der Waals surface area contributed by atoms with Gasteiger partial charge in [0.25, 0.3) is 0 Å². The molecule has 0 unspecified atom stereocenters. The lowest BCUT2D eigenvalue weighted by Crippen LogP contribution is -2.25. The van der Waals surface area contributed by atoms with E-state index < -0.39 is 75.4 Å². The topological polar surface area (TPSA) is 63.2 Å². The van der Waals surface area contributed by atoms with Crippen LogP contribution in [0.1, 0.15) is 33.0 Å². The van der Waals surface area contributed by atoms with Gasteiger partial charge in [0.15, 0.2) is 5.78 Å². The van der Waals surface area contributed by atoms with Crippen LogP contribution in [-0.2, 0) is 22.4 Å². The van der Waals surface area contributed by atoms with Crippen molar-refractivity contribution in [3.05, 3.63) is 96.4 Å². The average Bonchev–Trinajstić information content (AvgIpc) is 3.48. The van der Waals surface area contributed by atoms with Gasteiger partial charge in [-0.3, -0.25) is 14.4 Å². The molecule has 0 bridgehead atoms. The van der Waals surface area contributed by atoms with Crippen LogP contribution in [-0.4, -0.2) is 28.0 Å². The summed E-state index contributed by atoms with van der Waals surface area (Å²) in [6, 6.07) is 8.31. The lowest BCUT2D eigenvalue weighted by atomic mass is 9.98. The molecule has 0 aliphatic heterocycles. The van der Waals surface area contributed by atoms with Gasteiger partial charge in [-0.05, 0) is 47.5 Å². The maximum atomic E-state index is 14.9. The summed E-state index contributed by atoms with van der Waals surface area (Å²) < 4.78 is 65.3. The zero-order chi connectivity index (χ0) is 31.3. The number of hydrogen-bond donors (Lipinski definition) is 1. The van der Waals surface area contributed by atoms with E-state index >= 15 is 0 Å². The van der Waals surface area contributed by atoms with Crippen LogP contribution in [0, 0.1) is 17.6 Å². The van der Waals surface area contributed by atoms with Crippen LogP contribution < -0.4 is 5.32 Å². The van der Waals surface area contributed by atoms with Crippen LogP contribution >= 0.6 is 69.6 Å². The molecule has 15 heteroatoms. The maximum Gasteiger partial charge on any atom is 0.450 e. The molecule has 3 aromatic rings. The number of carbonyl (C=O) groups excluding carboxylic acids is 3. The highest BCUT2D eigenvalue weighted by molar-refractivity contribution is 6.54. The molecule has 0 spiro atoms. The Morgan fingerprint density at radius 3 is 2.07 bits per heavy atom. The summed E-state index contributed by atoms with van der Waals surface area (Å²) >= 11 is 37.0. The summed E-state index contributed by atoms with van der Waals surface area (Å²) in [7, 11) is 0. The Morgan fingerprint density at radius 1 is 0.857 bits per heavy atom. The van der Waals surface area contributed by atoms with Crippen molar-refractivity contribution >= 4 is 92.8 Å². The highest BCUT2D eigenvalue weighted by Crippen LogP contribution is 2.65. The lowest BCUT2D eigenvalue weighted by Gasteiger charge is -2.12. The maximum absolute atomic E-state index is 14.9. The van der Waals surface area contributed by atoms with Gasteiger partial charge in [-0.2, -0.15) is 13.2 Å². The third-order valence-corrected chi connectivity index (χ3v) is 8.97. The van der Waals surface area contributed by atoms with Gasteiger partial charge in [0, 0.05) is 35.6 Å². The van der Waals surface area contributed by atoms with Crippen molar-refractivity contribution < 1.29 is 36.3 Å². The molecule has 1 amide bonds. The number of nitrogens with one attached hydrogen (secondary N) is 1. The minimum absolute atomic E-state index is 0.0887. The van der Waals surface area contributed by atoms with Crippen molar-refractivity contribution in [2.45, 2.75) is 29.3 Å². The first-order valence-corrected chi connectivity index (χ1v) is 13.9. The molecule has 4 rings (SSSR count). The van der Waals surface area contributed by atoms with Gasteiger partial charge < -0.3 is 5.32 Å². The van der Waals surface area contributed by atoms with Crippen molar-refractivity contribution in [1.29, 1.82) is 0 Å². The predicted octanol–water partition coefficient (Wildman–Crippen LogP) is 9.20. The molecule has 1 aliphatic carbocycles. The van der Waals surface area contributed by atoms with Gasteiger partial charge in [-0.1, -0.05) is 52.5 Å². The molecule has 0 radical (unpaired) electrons. The van der Waals surface area contributed by atoms with Crippen molar-refractivity contribution in [3.63, 3.8) is 0 Å². The summed E-state index contributed by atoms with van der Waals surface area (Å²) in [5, 5.41) is 2.86. The molecule has 0 aromatic heterocycles. The quantitative estimate of drug-likeness (QED) is 0.110. The highest BCUT2D eigenvalue weighted by Gasteiger charge is 2.67. The van der Waals surface area contributed by atoms with Crippen molar-refractivity contribution in [1.82, 2.24) is 0 Å². The monoisotopic (exact) mass is 705 g/mol. The normalized spacial score (nSPS) is 17.6. The van der Waals surface area contributed by atoms with E-state index in [9.17, 15) is 36.3 Å². The molecule has 3 aromatic carbocycles. The Hall–Kier alpha value is -2.14. The van der Waals surface area contributed by atoms with Gasteiger partial charge in [-0.15, -0.1) is 23.2 Å². The number of hydrogen-bond acceptors (Lipinski definition) is 3. The largest absolute Gasteiger partial charge is 0.450 e. The second-order valence-electron chi connectivity index (χ2n) is 9.31. The van der Waals surface area contributed by atoms with Crippen LogP contribution in [0.2, 0.25) is 20.1 Å². The molecule has 4 nitrogen and oxygen atoms in total. The molecule has 1 saturated carbocycles. The summed E-state index contributed by atoms with van der Waals surface area (Å²) in [6.07, 6.45) is -7.62. The molecule has 1 fully saturated rings. The van der Waals surface area contributed by atoms with Crippen LogP contribution in [0.25, 0.3) is 0 Å². The van der Waals surface area contributed by atoms with Gasteiger partial charge in [-0.25, -0.2) is 8.78 Å². The molecule has 2 atom stereocenters. The van der Waals surface area contributed by atoms with E-state index in [1.54, 1.807) is 0 Å². The lowest BCUT2D eigenvalue weighted by molar-refractivity contribution is -0.170. The fraction of sp³-hybridized carbons (Fsp3) is 0.222. The Bertz CT molecular complexity index is 1610. The number of benzene rings is 3. The van der Waals surface area contributed by atoms with E-state index in [1.165, 1.54) is 30.3 Å². The van der Waals surface area contributed by atoms with E-state index in [0.717, 1.165) is 6.07 Å². The van der Waals surface area contributed by atoms with E-state index in [2.05, 4.69) is 5.32 Å². The van der Waals surface area contributed by atoms with E-state index in [4.69, 9.17) is 69.6 Å². The number of halogens is 11. The molecular weight excluding hydrogens is 694 g/mol. The van der Waals surface area contributed by atoms with Crippen molar-refractivity contribution in [3.8, 4) is 0 Å². The van der Waals surface area contributed by atoms with Crippen LogP contribution in [0.3, 0.4) is 0 Å². The molecule has 1 N–H and O–H groups in total. The summed E-state index contributed by atoms with van der Waals surface area (Å²) in [5.41, 5.74) is -1.22. The van der Waals surface area contributed by atoms with E-state index in [0.29, 0.717) is 11.6 Å². The van der Waals surface area contributed by atoms with Crippen LogP contribution in [0.15, 0.2) is 42.5 Å². The first-order valence-electron chi connectivity index (χ1n) is 11.6. The Morgan fingerprint density at radius 2 is 1.48 bits per heavy atom. The Labute approximate surface area is 265 Å². The summed E-state index contributed by atoms with van der Waals surface area (Å²) in [4.78, 5) is 37.3. The minimum atomic E-state index is -5.30. The number of anilines is 1. The van der Waals surface area contributed by atoms with Gasteiger partial charge >= 0.3 is 6.18 Å². The average molecular weight is 708 g/mol. The predicted molar refractivity (Wildman–Crippen MR) is 151 cm³/mol. The number of carbonyl (C=O) groups is 3. The first kappa shape index (κ1) is 32.8. The van der Waals surface area contributed by atoms with Crippen LogP contribution in [0.5, 0.6) is 0 Å². The zero-order valence-electron chi connectivity index (χ0n) is 20.5. The number of amides is 1. The molecule has 42 heavy (non-hydrogen) atoms. The fourth-order valence-electron chi connectivity index (χ4n) is 4.33. The summed E-state index contributed by atoms with van der Waals surface area (Å²) in [5.74, 6) is -8.31. The van der Waals surface area contributed by atoms with Crippen molar-refractivity contribution in [2.75, 3.05) is 5.32 Å². The second-order valence-corrected chi connectivity index (χ2v) is 12.4. The van der Waals surface area contributed by atoms with Gasteiger partial charge in [0.1, 0.15) is 16.0 Å². The molecular formula is C27H14Cl6F5NO3. The third-order valence-electron chi connectivity index (χ3n) is 6.51. The zero-order valence-corrected chi connectivity index (χ0v) is 25.0. The molecule has 222 valence electrons. The Balaban J connectivity index is 1.53. The highest BCUT2D eigenvalue weighted by atomic mass is 35.5. The minimum Gasteiger partial charge on any atom is -0.326 e. The Kier molecular flexibility index (Phi) is 9.44. The molecule has 0 heterocycles. The van der Waals surface area contributed by atoms with E-state index in [-0.39, 0.29) is 31.3 Å². The first-order chi connectivity index (χ1) is 19.4. The van der Waals surface area contributed by atoms with Gasteiger partial charge in [0.05, 0.1) is 26.0 Å². The number of ketones is 2. The molecule has 1 aliphatic rings. The standard InChI is InChI=1S/C27H14Cl6F5NO3/c28-15-3-2-12(39-25(42)22-21(26(22,32)33)11-5-16(29)23(31)17(30)6-11)8-13(15)19(40)7-10-1-4-18(34)14(24(10)35)9-20(41)27(36,37)38/h1-6,8,21-22H,7,9H2,(H,39,42)/t21-,22+/m0/s1. The van der Waals surface area contributed by atoms with E-state index in [1.807, 2.05) is 0 Å². The smallest absolute Gasteiger partial charge is 0.326 e. The number of rotatable bonds is 8. The van der Waals surface area contributed by atoms with Crippen molar-refractivity contribution in [2.24, 2.45) is 5.92 Å². The fourth-order valence-corrected chi connectivity index (χ4v) is 6.00. The van der Waals surface area contributed by atoms with Gasteiger partial charge in [0.2, 0.25) is 11.7 Å². The third kappa shape index (κ3) is 6.66. The SMILES string of the molecule is O=C(Cc1ccc(F)c(CC(=O)C(F)(F)F)c1F)c1cc(NC(=O)[C@H]2[C@H](c3cc(Cl)c(Cl)c(Cl)c3)C2(Cl)Cl)ccc1Cl. The molecule has 0 saturated heterocycles.